The molecule has 0 atom stereocenters. The van der Waals surface area contributed by atoms with E-state index in [1.807, 2.05) is 0 Å². The third-order valence-electron chi connectivity index (χ3n) is 3.89. The van der Waals surface area contributed by atoms with Crippen LogP contribution in [0, 0.1) is 0 Å². The molecule has 0 radical (unpaired) electrons. The van der Waals surface area contributed by atoms with Crippen molar-refractivity contribution in [2.45, 2.75) is 38.1 Å². The van der Waals surface area contributed by atoms with Crippen LogP contribution in [0.5, 0.6) is 0 Å². The fourth-order valence-corrected chi connectivity index (χ4v) is 2.87. The SMILES string of the molecule is CN(C(=O)Nc1ccc(C(=O)O)c(Cl)c1)C1CCCCC1. The highest BCUT2D eigenvalue weighted by molar-refractivity contribution is 6.33. The zero-order valence-corrected chi connectivity index (χ0v) is 12.7. The second-order valence-electron chi connectivity index (χ2n) is 5.33. The van der Waals surface area contributed by atoms with Gasteiger partial charge in [0.2, 0.25) is 0 Å². The van der Waals surface area contributed by atoms with Crippen LogP contribution in [0.3, 0.4) is 0 Å². The van der Waals surface area contributed by atoms with Crippen molar-refractivity contribution in [3.63, 3.8) is 0 Å². The number of nitrogens with zero attached hydrogens (tertiary/aromatic N) is 1. The van der Waals surface area contributed by atoms with Gasteiger partial charge in [0.05, 0.1) is 10.6 Å². The number of hydrogen-bond acceptors (Lipinski definition) is 2. The summed E-state index contributed by atoms with van der Waals surface area (Å²) in [6.45, 7) is 0. The smallest absolute Gasteiger partial charge is 0.337 e. The number of rotatable bonds is 3. The summed E-state index contributed by atoms with van der Waals surface area (Å²) in [7, 11) is 1.79. The van der Waals surface area contributed by atoms with Crippen molar-refractivity contribution in [2.24, 2.45) is 0 Å². The lowest BCUT2D eigenvalue weighted by Crippen LogP contribution is -2.40. The minimum atomic E-state index is -1.09. The normalized spacial score (nSPS) is 15.5. The van der Waals surface area contributed by atoms with E-state index in [1.54, 1.807) is 18.0 Å². The van der Waals surface area contributed by atoms with Crippen molar-refractivity contribution < 1.29 is 14.7 Å². The lowest BCUT2D eigenvalue weighted by molar-refractivity contribution is 0.0697. The first-order valence-electron chi connectivity index (χ1n) is 7.05. The van der Waals surface area contributed by atoms with Crippen LogP contribution in [-0.2, 0) is 0 Å². The van der Waals surface area contributed by atoms with Crippen LogP contribution in [0.25, 0.3) is 0 Å². The number of benzene rings is 1. The number of halogens is 1. The first kappa shape index (κ1) is 15.6. The summed E-state index contributed by atoms with van der Waals surface area (Å²) in [5, 5.41) is 11.8. The highest BCUT2D eigenvalue weighted by atomic mass is 35.5. The molecule has 0 heterocycles. The molecule has 6 heteroatoms. The van der Waals surface area contributed by atoms with Gasteiger partial charge >= 0.3 is 12.0 Å². The number of anilines is 1. The predicted molar refractivity (Wildman–Crippen MR) is 82.1 cm³/mol. The Balaban J connectivity index is 2.01. The van der Waals surface area contributed by atoms with E-state index in [-0.39, 0.29) is 22.7 Å². The number of aromatic carboxylic acids is 1. The molecule has 21 heavy (non-hydrogen) atoms. The summed E-state index contributed by atoms with van der Waals surface area (Å²) < 4.78 is 0. The number of hydrogen-bond donors (Lipinski definition) is 2. The van der Waals surface area contributed by atoms with E-state index in [1.165, 1.54) is 18.6 Å². The number of amides is 2. The van der Waals surface area contributed by atoms with Crippen molar-refractivity contribution in [3.8, 4) is 0 Å². The molecule has 1 aliphatic carbocycles. The van der Waals surface area contributed by atoms with Crippen LogP contribution in [0.4, 0.5) is 10.5 Å². The Hall–Kier alpha value is -1.75. The van der Waals surface area contributed by atoms with Gasteiger partial charge < -0.3 is 15.3 Å². The third-order valence-corrected chi connectivity index (χ3v) is 4.21. The molecule has 1 fully saturated rings. The summed E-state index contributed by atoms with van der Waals surface area (Å²) in [4.78, 5) is 24.8. The van der Waals surface area contributed by atoms with Crippen LogP contribution in [0.1, 0.15) is 42.5 Å². The van der Waals surface area contributed by atoms with Crippen LogP contribution in [0.2, 0.25) is 5.02 Å². The molecule has 2 N–H and O–H groups in total. The van der Waals surface area contributed by atoms with E-state index in [2.05, 4.69) is 5.32 Å². The van der Waals surface area contributed by atoms with Crippen LogP contribution < -0.4 is 5.32 Å². The zero-order chi connectivity index (χ0) is 15.4. The lowest BCUT2D eigenvalue weighted by Gasteiger charge is -2.31. The van der Waals surface area contributed by atoms with Crippen molar-refractivity contribution in [1.29, 1.82) is 0 Å². The van der Waals surface area contributed by atoms with Crippen molar-refractivity contribution in [2.75, 3.05) is 12.4 Å². The molecule has 2 rings (SSSR count). The van der Waals surface area contributed by atoms with E-state index in [4.69, 9.17) is 16.7 Å². The number of carboxylic acid groups (broad SMARTS) is 1. The highest BCUT2D eigenvalue weighted by Crippen LogP contribution is 2.24. The first-order chi connectivity index (χ1) is 9.99. The first-order valence-corrected chi connectivity index (χ1v) is 7.43. The Labute approximate surface area is 128 Å². The van der Waals surface area contributed by atoms with Gasteiger partial charge in [0.15, 0.2) is 0 Å². The molecule has 1 saturated carbocycles. The van der Waals surface area contributed by atoms with E-state index < -0.39 is 5.97 Å². The van der Waals surface area contributed by atoms with E-state index in [0.29, 0.717) is 5.69 Å². The summed E-state index contributed by atoms with van der Waals surface area (Å²) in [6.07, 6.45) is 5.60. The second-order valence-corrected chi connectivity index (χ2v) is 5.74. The maximum Gasteiger partial charge on any atom is 0.337 e. The minimum absolute atomic E-state index is 0.0234. The summed E-state index contributed by atoms with van der Waals surface area (Å²) in [5.41, 5.74) is 0.521. The lowest BCUT2D eigenvalue weighted by atomic mass is 9.95. The molecule has 1 aromatic rings. The molecule has 0 bridgehead atoms. The van der Waals surface area contributed by atoms with E-state index in [0.717, 1.165) is 25.7 Å². The second kappa shape index (κ2) is 6.80. The Kier molecular flexibility index (Phi) is 5.07. The predicted octanol–water partition coefficient (Wildman–Crippen LogP) is 3.83. The van der Waals surface area contributed by atoms with Crippen LogP contribution >= 0.6 is 11.6 Å². The Morgan fingerprint density at radius 3 is 2.52 bits per heavy atom. The van der Waals surface area contributed by atoms with E-state index >= 15 is 0 Å². The van der Waals surface area contributed by atoms with Gasteiger partial charge in [-0.3, -0.25) is 0 Å². The number of carbonyl (C=O) groups is 2. The van der Waals surface area contributed by atoms with Gasteiger partial charge in [0, 0.05) is 18.8 Å². The summed E-state index contributed by atoms with van der Waals surface area (Å²) >= 11 is 5.89. The fourth-order valence-electron chi connectivity index (χ4n) is 2.61. The molecule has 114 valence electrons. The quantitative estimate of drug-likeness (QED) is 0.891. The minimum Gasteiger partial charge on any atom is -0.478 e. The average Bonchev–Trinajstić information content (AvgIpc) is 2.47. The molecular weight excluding hydrogens is 292 g/mol. The van der Waals surface area contributed by atoms with Crippen molar-refractivity contribution in [1.82, 2.24) is 4.90 Å². The molecular formula is C15H19ClN2O3. The molecule has 2 amide bonds. The van der Waals surface area contributed by atoms with Gasteiger partial charge in [0.25, 0.3) is 0 Å². The number of nitrogens with one attached hydrogen (secondary N) is 1. The van der Waals surface area contributed by atoms with Gasteiger partial charge in [-0.05, 0) is 31.0 Å². The van der Waals surface area contributed by atoms with Gasteiger partial charge in [-0.2, -0.15) is 0 Å². The standard InChI is InChI=1S/C15H19ClN2O3/c1-18(11-5-3-2-4-6-11)15(21)17-10-7-8-12(14(19)20)13(16)9-10/h7-9,11H,2-6H2,1H3,(H,17,21)(H,19,20). The molecule has 1 aliphatic rings. The summed E-state index contributed by atoms with van der Waals surface area (Å²) in [6, 6.07) is 4.47. The molecule has 5 nitrogen and oxygen atoms in total. The topological polar surface area (TPSA) is 69.6 Å². The number of carbonyl (C=O) groups excluding carboxylic acids is 1. The van der Waals surface area contributed by atoms with Crippen molar-refractivity contribution >= 4 is 29.3 Å². The average molecular weight is 311 g/mol. The van der Waals surface area contributed by atoms with Gasteiger partial charge in [0.1, 0.15) is 0 Å². The Bertz CT molecular complexity index is 542. The molecule has 0 spiro atoms. The maximum absolute atomic E-state index is 12.2. The Morgan fingerprint density at radius 2 is 1.95 bits per heavy atom. The van der Waals surface area contributed by atoms with Gasteiger partial charge in [-0.15, -0.1) is 0 Å². The van der Waals surface area contributed by atoms with Crippen molar-refractivity contribution in [3.05, 3.63) is 28.8 Å². The van der Waals surface area contributed by atoms with Crippen LogP contribution in [-0.4, -0.2) is 35.1 Å². The van der Waals surface area contributed by atoms with Gasteiger partial charge in [-0.25, -0.2) is 9.59 Å². The molecule has 0 aliphatic heterocycles. The van der Waals surface area contributed by atoms with Crippen LogP contribution in [0.15, 0.2) is 18.2 Å². The molecule has 0 unspecified atom stereocenters. The highest BCUT2D eigenvalue weighted by Gasteiger charge is 2.22. The largest absolute Gasteiger partial charge is 0.478 e. The summed E-state index contributed by atoms with van der Waals surface area (Å²) in [5.74, 6) is -1.09. The fraction of sp³-hybridized carbons (Fsp3) is 0.467. The zero-order valence-electron chi connectivity index (χ0n) is 11.9. The Morgan fingerprint density at radius 1 is 1.29 bits per heavy atom. The van der Waals surface area contributed by atoms with E-state index in [9.17, 15) is 9.59 Å². The number of carboxylic acids is 1. The molecule has 0 saturated heterocycles. The van der Waals surface area contributed by atoms with Gasteiger partial charge in [-0.1, -0.05) is 30.9 Å². The molecule has 0 aromatic heterocycles. The third kappa shape index (κ3) is 3.88. The number of urea groups is 1. The maximum atomic E-state index is 12.2. The molecule has 1 aromatic carbocycles. The monoisotopic (exact) mass is 310 g/mol.